The Morgan fingerprint density at radius 1 is 1.60 bits per heavy atom. The predicted molar refractivity (Wildman–Crippen MR) is 38.2 cm³/mol. The highest BCUT2D eigenvalue weighted by Crippen LogP contribution is 1.88. The molecule has 0 aliphatic rings. The van der Waals surface area contributed by atoms with Crippen molar-refractivity contribution >= 4 is 22.9 Å². The van der Waals surface area contributed by atoms with Crippen LogP contribution >= 0.6 is 0 Å². The van der Waals surface area contributed by atoms with Gasteiger partial charge in [-0.25, -0.2) is 8.42 Å². The quantitative estimate of drug-likeness (QED) is 0.374. The molecule has 0 aromatic carbocycles. The highest BCUT2D eigenvalue weighted by molar-refractivity contribution is 8.10. The molecule has 0 aliphatic heterocycles. The molecule has 59 valence electrons. The zero-order valence-electron chi connectivity index (χ0n) is 5.78. The Hall–Kier alpha value is 0.402. The molecule has 0 fully saturated rings. The summed E-state index contributed by atoms with van der Waals surface area (Å²) in [6, 6.07) is 0. The molecule has 0 bridgehead atoms. The standard InChI is InChI=1S/C4H9O.Al.HO3S/c1-2-3-4-5;;1-4(2)3/h2-4H2,1H3;;(H,1,2,3)/q-1;+1;. The summed E-state index contributed by atoms with van der Waals surface area (Å²) in [5.74, 6) is 0. The molecule has 0 heterocycles. The Morgan fingerprint density at radius 2 is 2.20 bits per heavy atom. The van der Waals surface area contributed by atoms with Crippen molar-refractivity contribution in [2.75, 3.05) is 6.61 Å². The third-order valence-corrected chi connectivity index (χ3v) is 2.56. The molecule has 0 unspecified atom stereocenters. The van der Waals surface area contributed by atoms with Crippen LogP contribution in [0.2, 0.25) is 0 Å². The summed E-state index contributed by atoms with van der Waals surface area (Å²) in [6.07, 6.45) is 1.80. The molecule has 10 heavy (non-hydrogen) atoms. The maximum atomic E-state index is 10.1. The van der Waals surface area contributed by atoms with Gasteiger partial charge >= 0.3 is 14.4 Å². The Labute approximate surface area is 66.4 Å². The zero-order valence-corrected chi connectivity index (χ0v) is 7.75. The topological polar surface area (TPSA) is 63.6 Å². The van der Waals surface area contributed by atoms with Crippen LogP contribution in [0, 0.1) is 0 Å². The van der Waals surface area contributed by atoms with Gasteiger partial charge < -0.3 is 8.34 Å². The van der Waals surface area contributed by atoms with Crippen molar-refractivity contribution in [3.63, 3.8) is 0 Å². The van der Waals surface area contributed by atoms with Crippen LogP contribution in [-0.2, 0) is 12.3 Å². The first-order valence-corrected chi connectivity index (χ1v) is 6.37. The summed E-state index contributed by atoms with van der Waals surface area (Å²) >= 11 is -1.28. The van der Waals surface area contributed by atoms with Gasteiger partial charge in [-0.15, -0.1) is 0 Å². The van der Waals surface area contributed by atoms with Crippen LogP contribution in [0.3, 0.4) is 0 Å². The monoisotopic (exact) mass is 181 g/mol. The van der Waals surface area contributed by atoms with E-state index in [4.69, 9.17) is 4.55 Å². The van der Waals surface area contributed by atoms with Gasteiger partial charge in [0.2, 0.25) is 0 Å². The van der Waals surface area contributed by atoms with Crippen molar-refractivity contribution in [3.8, 4) is 0 Å². The van der Waals surface area contributed by atoms with Crippen LogP contribution in [-0.4, -0.2) is 34.0 Å². The van der Waals surface area contributed by atoms with Gasteiger partial charge in [-0.3, -0.25) is 0 Å². The van der Waals surface area contributed by atoms with Crippen LogP contribution < -0.4 is 0 Å². The smallest absolute Gasteiger partial charge is 0.493 e. The second-order valence-corrected chi connectivity index (χ2v) is 5.76. The average Bonchev–Trinajstić information content (AvgIpc) is 1.78. The second kappa shape index (κ2) is 5.11. The zero-order chi connectivity index (χ0) is 8.04. The summed E-state index contributed by atoms with van der Waals surface area (Å²) in [5.41, 5.74) is 0. The summed E-state index contributed by atoms with van der Waals surface area (Å²) in [6.45, 7) is 2.40. The fourth-order valence-corrected chi connectivity index (χ4v) is 1.60. The molecule has 0 saturated carbocycles. The predicted octanol–water partition coefficient (Wildman–Crippen LogP) is 0.225. The maximum Gasteiger partial charge on any atom is 0.672 e. The fraction of sp³-hybridized carbons (Fsp3) is 1.00. The van der Waals surface area contributed by atoms with Crippen LogP contribution in [0.25, 0.3) is 0 Å². The molecule has 0 rings (SSSR count). The number of hydrogen-bond donors (Lipinski definition) is 1. The van der Waals surface area contributed by atoms with Gasteiger partial charge in [0.05, 0.1) is 0 Å². The summed E-state index contributed by atoms with van der Waals surface area (Å²) in [7, 11) is -3.84. The van der Waals surface area contributed by atoms with Gasteiger partial charge in [0.25, 0.3) is 0 Å². The maximum absolute atomic E-state index is 10.1. The van der Waals surface area contributed by atoms with Crippen LogP contribution in [0.1, 0.15) is 19.8 Å². The molecule has 4 nitrogen and oxygen atoms in total. The molecular formula is C4H10AlO4S. The van der Waals surface area contributed by atoms with Gasteiger partial charge in [-0.2, -0.15) is 0 Å². The van der Waals surface area contributed by atoms with Crippen LogP contribution in [0.5, 0.6) is 0 Å². The van der Waals surface area contributed by atoms with E-state index in [1.807, 2.05) is 6.92 Å². The number of rotatable bonds is 5. The SMILES string of the molecule is CCCC[O][Al][S](=O)(=O)O. The molecule has 0 aromatic heterocycles. The molecule has 0 spiro atoms. The molecule has 1 N–H and O–H groups in total. The molecule has 0 atom stereocenters. The highest BCUT2D eigenvalue weighted by atomic mass is 32.4. The molecular weight excluding hydrogens is 171 g/mol. The van der Waals surface area contributed by atoms with Gasteiger partial charge in [-0.05, 0) is 6.42 Å². The molecule has 0 amide bonds. The minimum absolute atomic E-state index is 0.422. The number of unbranched alkanes of at least 4 members (excludes halogenated alkanes) is 1. The molecule has 0 aliphatic carbocycles. The van der Waals surface area contributed by atoms with E-state index in [9.17, 15) is 8.42 Å². The van der Waals surface area contributed by atoms with E-state index >= 15 is 0 Å². The summed E-state index contributed by atoms with van der Waals surface area (Å²) in [4.78, 5) is 0. The van der Waals surface area contributed by atoms with Gasteiger partial charge in [0.1, 0.15) is 0 Å². The average molecular weight is 181 g/mol. The van der Waals surface area contributed by atoms with Crippen molar-refractivity contribution in [1.29, 1.82) is 0 Å². The molecule has 1 radical (unpaired) electrons. The lowest BCUT2D eigenvalue weighted by Crippen LogP contribution is -2.12. The summed E-state index contributed by atoms with van der Waals surface area (Å²) in [5, 5.41) is 0. The number of hydrogen-bond acceptors (Lipinski definition) is 3. The van der Waals surface area contributed by atoms with Crippen molar-refractivity contribution < 1.29 is 16.8 Å². The van der Waals surface area contributed by atoms with Crippen molar-refractivity contribution in [2.45, 2.75) is 19.8 Å². The molecule has 0 aromatic rings. The van der Waals surface area contributed by atoms with E-state index < -0.39 is 22.9 Å². The minimum Gasteiger partial charge on any atom is -0.493 e. The van der Waals surface area contributed by atoms with E-state index in [2.05, 4.69) is 3.79 Å². The first-order valence-electron chi connectivity index (χ1n) is 2.98. The Balaban J connectivity index is 3.21. The van der Waals surface area contributed by atoms with E-state index in [1.54, 1.807) is 0 Å². The first kappa shape index (κ1) is 10.4. The normalized spacial score (nSPS) is 11.4. The van der Waals surface area contributed by atoms with E-state index in [0.29, 0.717) is 6.61 Å². The lowest BCUT2D eigenvalue weighted by molar-refractivity contribution is 0.330. The second-order valence-electron chi connectivity index (χ2n) is 1.84. The van der Waals surface area contributed by atoms with E-state index in [-0.39, 0.29) is 0 Å². The lowest BCUT2D eigenvalue weighted by Gasteiger charge is -1.97. The van der Waals surface area contributed by atoms with E-state index in [0.717, 1.165) is 12.8 Å². The molecule has 6 heteroatoms. The van der Waals surface area contributed by atoms with Crippen LogP contribution in [0.15, 0.2) is 0 Å². The summed E-state index contributed by atoms with van der Waals surface area (Å²) < 4.78 is 33.0. The molecule has 0 saturated heterocycles. The van der Waals surface area contributed by atoms with Crippen molar-refractivity contribution in [3.05, 3.63) is 0 Å². The van der Waals surface area contributed by atoms with Gasteiger partial charge in [0, 0.05) is 6.61 Å². The highest BCUT2D eigenvalue weighted by Gasteiger charge is 2.12. The van der Waals surface area contributed by atoms with Crippen molar-refractivity contribution in [2.24, 2.45) is 0 Å². The lowest BCUT2D eigenvalue weighted by atomic mass is 10.4. The Kier molecular flexibility index (Phi) is 5.31. The Bertz CT molecular complexity index is 164. The fourth-order valence-electron chi connectivity index (χ4n) is 0.362. The van der Waals surface area contributed by atoms with Crippen LogP contribution in [0.4, 0.5) is 0 Å². The Morgan fingerprint density at radius 3 is 2.60 bits per heavy atom. The minimum atomic E-state index is -3.84. The van der Waals surface area contributed by atoms with Gasteiger partial charge in [-0.1, -0.05) is 13.3 Å². The largest absolute Gasteiger partial charge is 0.672 e. The third kappa shape index (κ3) is 8.40. The van der Waals surface area contributed by atoms with Crippen molar-refractivity contribution in [1.82, 2.24) is 0 Å². The van der Waals surface area contributed by atoms with E-state index in [1.165, 1.54) is 0 Å². The first-order chi connectivity index (χ1) is 4.56. The third-order valence-electron chi connectivity index (χ3n) is 0.805. The van der Waals surface area contributed by atoms with Gasteiger partial charge in [0.15, 0.2) is 8.48 Å².